The lowest BCUT2D eigenvalue weighted by Gasteiger charge is -2.10. The van der Waals surface area contributed by atoms with Crippen molar-refractivity contribution < 1.29 is 9.21 Å². The van der Waals surface area contributed by atoms with E-state index >= 15 is 0 Å². The van der Waals surface area contributed by atoms with E-state index in [1.165, 1.54) is 0 Å². The average Bonchev–Trinajstić information content (AvgIpc) is 3.40. The summed E-state index contributed by atoms with van der Waals surface area (Å²) in [6, 6.07) is 15.6. The molecule has 0 saturated heterocycles. The standard InChI is InChI=1S/C21H11Cl2N5O2S2/c22-12-8-14(23)18-17(9-12)25-20(30-18)10-1-4-13(5-2-10)24-21(31)26-19(29)11-3-6-15-16(7-11)28-32-27-15/h1-9H,(H2,24,26,29,31). The Kier molecular flexibility index (Phi) is 5.48. The van der Waals surface area contributed by atoms with Gasteiger partial charge in [-0.25, -0.2) is 4.98 Å². The topological polar surface area (TPSA) is 92.9 Å². The molecule has 3 aromatic carbocycles. The third-order valence-electron chi connectivity index (χ3n) is 4.54. The van der Waals surface area contributed by atoms with Gasteiger partial charge >= 0.3 is 0 Å². The van der Waals surface area contributed by atoms with Crippen molar-refractivity contribution in [3.63, 3.8) is 0 Å². The number of aromatic nitrogens is 3. The van der Waals surface area contributed by atoms with Crippen LogP contribution in [0.5, 0.6) is 0 Å². The van der Waals surface area contributed by atoms with Crippen LogP contribution in [0.4, 0.5) is 5.69 Å². The second-order valence-electron chi connectivity index (χ2n) is 6.71. The summed E-state index contributed by atoms with van der Waals surface area (Å²) < 4.78 is 14.0. The number of thiocarbonyl (C=S) groups is 1. The van der Waals surface area contributed by atoms with Crippen LogP contribution in [0.3, 0.4) is 0 Å². The number of carbonyl (C=O) groups excluding carboxylic acids is 1. The van der Waals surface area contributed by atoms with Crippen molar-refractivity contribution in [1.82, 2.24) is 19.0 Å². The Morgan fingerprint density at radius 3 is 2.56 bits per heavy atom. The van der Waals surface area contributed by atoms with Crippen molar-refractivity contribution in [2.24, 2.45) is 0 Å². The summed E-state index contributed by atoms with van der Waals surface area (Å²) in [7, 11) is 0. The van der Waals surface area contributed by atoms with Crippen LogP contribution in [0, 0.1) is 0 Å². The Balaban J connectivity index is 1.27. The minimum atomic E-state index is -0.337. The highest BCUT2D eigenvalue weighted by atomic mass is 35.5. The summed E-state index contributed by atoms with van der Waals surface area (Å²) in [4.78, 5) is 16.9. The first-order chi connectivity index (χ1) is 15.5. The molecule has 0 bridgehead atoms. The smallest absolute Gasteiger partial charge is 0.257 e. The van der Waals surface area contributed by atoms with Crippen molar-refractivity contribution in [2.75, 3.05) is 5.32 Å². The predicted molar refractivity (Wildman–Crippen MR) is 131 cm³/mol. The molecule has 0 saturated carbocycles. The molecule has 0 radical (unpaired) electrons. The SMILES string of the molecule is O=C(NC(=S)Nc1ccc(-c2nc3cc(Cl)cc(Cl)c3o2)cc1)c1ccc2nsnc2c1. The van der Waals surface area contributed by atoms with Crippen molar-refractivity contribution in [3.8, 4) is 11.5 Å². The molecule has 7 nitrogen and oxygen atoms in total. The number of anilines is 1. The second kappa shape index (κ2) is 8.44. The summed E-state index contributed by atoms with van der Waals surface area (Å²) in [6.45, 7) is 0. The number of benzene rings is 3. The maximum atomic E-state index is 12.5. The maximum absolute atomic E-state index is 12.5. The minimum absolute atomic E-state index is 0.169. The highest BCUT2D eigenvalue weighted by molar-refractivity contribution is 7.80. The molecule has 2 aromatic heterocycles. The van der Waals surface area contributed by atoms with Gasteiger partial charge in [-0.05, 0) is 66.8 Å². The van der Waals surface area contributed by atoms with E-state index < -0.39 is 0 Å². The number of halogens is 2. The van der Waals surface area contributed by atoms with E-state index in [9.17, 15) is 4.79 Å². The van der Waals surface area contributed by atoms with Crippen molar-refractivity contribution in [2.45, 2.75) is 0 Å². The summed E-state index contributed by atoms with van der Waals surface area (Å²) in [5, 5.41) is 6.69. The zero-order valence-electron chi connectivity index (χ0n) is 15.9. The molecule has 5 aromatic rings. The number of fused-ring (bicyclic) bond motifs is 2. The predicted octanol–water partition coefficient (Wildman–Crippen LogP) is 5.93. The molecular weight excluding hydrogens is 489 g/mol. The number of nitrogens with zero attached hydrogens (tertiary/aromatic N) is 3. The third kappa shape index (κ3) is 4.15. The molecule has 0 atom stereocenters. The van der Waals surface area contributed by atoms with Crippen LogP contribution in [0.25, 0.3) is 33.6 Å². The van der Waals surface area contributed by atoms with Gasteiger partial charge in [0, 0.05) is 21.8 Å². The Labute approximate surface area is 200 Å². The zero-order chi connectivity index (χ0) is 22.2. The summed E-state index contributed by atoms with van der Waals surface area (Å²) >= 11 is 18.6. The van der Waals surface area contributed by atoms with Crippen molar-refractivity contribution in [1.29, 1.82) is 0 Å². The van der Waals surface area contributed by atoms with E-state index in [1.54, 1.807) is 42.5 Å². The van der Waals surface area contributed by atoms with Gasteiger partial charge in [0.05, 0.1) is 16.8 Å². The fourth-order valence-corrected chi connectivity index (χ4v) is 4.29. The second-order valence-corrected chi connectivity index (χ2v) is 8.49. The van der Waals surface area contributed by atoms with Gasteiger partial charge in [-0.3, -0.25) is 10.1 Å². The van der Waals surface area contributed by atoms with E-state index in [0.29, 0.717) is 43.8 Å². The largest absolute Gasteiger partial charge is 0.435 e. The first-order valence-electron chi connectivity index (χ1n) is 9.17. The van der Waals surface area contributed by atoms with Crippen LogP contribution < -0.4 is 10.6 Å². The van der Waals surface area contributed by atoms with Crippen LogP contribution in [0.1, 0.15) is 10.4 Å². The Hall–Kier alpha value is -3.11. The Bertz CT molecular complexity index is 1500. The van der Waals surface area contributed by atoms with E-state index in [1.807, 2.05) is 12.1 Å². The van der Waals surface area contributed by atoms with Gasteiger partial charge in [-0.2, -0.15) is 8.75 Å². The van der Waals surface area contributed by atoms with Crippen molar-refractivity contribution >= 4 is 86.0 Å². The van der Waals surface area contributed by atoms with E-state index in [4.69, 9.17) is 39.8 Å². The fraction of sp³-hybridized carbons (Fsp3) is 0. The van der Waals surface area contributed by atoms with E-state index in [-0.39, 0.29) is 11.0 Å². The number of carbonyl (C=O) groups is 1. The van der Waals surface area contributed by atoms with Crippen molar-refractivity contribution in [3.05, 3.63) is 70.2 Å². The third-order valence-corrected chi connectivity index (χ3v) is 5.80. The van der Waals surface area contributed by atoms with Crippen LogP contribution in [0.2, 0.25) is 10.0 Å². The normalized spacial score (nSPS) is 11.1. The molecule has 0 aliphatic carbocycles. The number of hydrogen-bond donors (Lipinski definition) is 2. The molecule has 1 amide bonds. The lowest BCUT2D eigenvalue weighted by Crippen LogP contribution is -2.34. The van der Waals surface area contributed by atoms with Gasteiger partial charge in [-0.15, -0.1) is 0 Å². The number of hydrogen-bond acceptors (Lipinski definition) is 7. The van der Waals surface area contributed by atoms with Gasteiger partial charge in [0.2, 0.25) is 5.89 Å². The van der Waals surface area contributed by atoms with Crippen LogP contribution in [-0.4, -0.2) is 24.8 Å². The number of oxazole rings is 1. The first kappa shape index (κ1) is 20.8. The van der Waals surface area contributed by atoms with Crippen LogP contribution in [0.15, 0.2) is 59.0 Å². The fourth-order valence-electron chi connectivity index (χ4n) is 3.04. The van der Waals surface area contributed by atoms with Gasteiger partial charge < -0.3 is 9.73 Å². The van der Waals surface area contributed by atoms with Gasteiger partial charge in [0.15, 0.2) is 10.7 Å². The van der Waals surface area contributed by atoms with Crippen LogP contribution >= 0.6 is 47.1 Å². The molecule has 2 heterocycles. The molecular formula is C21H11Cl2N5O2S2. The Morgan fingerprint density at radius 1 is 0.969 bits per heavy atom. The molecule has 5 rings (SSSR count). The van der Waals surface area contributed by atoms with Crippen LogP contribution in [-0.2, 0) is 0 Å². The van der Waals surface area contributed by atoms with Gasteiger partial charge in [0.1, 0.15) is 16.6 Å². The quantitative estimate of drug-likeness (QED) is 0.297. The summed E-state index contributed by atoms with van der Waals surface area (Å²) in [5.41, 5.74) is 4.35. The molecule has 0 aliphatic rings. The number of nitrogens with one attached hydrogen (secondary N) is 2. The summed E-state index contributed by atoms with van der Waals surface area (Å²) in [5.74, 6) is 0.0783. The number of rotatable bonds is 3. The lowest BCUT2D eigenvalue weighted by molar-refractivity contribution is 0.0978. The molecule has 0 aliphatic heterocycles. The molecule has 0 unspecified atom stereocenters. The molecule has 2 N–H and O–H groups in total. The lowest BCUT2D eigenvalue weighted by atomic mass is 10.2. The highest BCUT2D eigenvalue weighted by Gasteiger charge is 2.13. The number of amides is 1. The maximum Gasteiger partial charge on any atom is 0.257 e. The zero-order valence-corrected chi connectivity index (χ0v) is 19.1. The minimum Gasteiger partial charge on any atom is -0.435 e. The van der Waals surface area contributed by atoms with Gasteiger partial charge in [-0.1, -0.05) is 23.2 Å². The van der Waals surface area contributed by atoms with Gasteiger partial charge in [0.25, 0.3) is 5.91 Å². The molecule has 32 heavy (non-hydrogen) atoms. The highest BCUT2D eigenvalue weighted by Crippen LogP contribution is 2.32. The molecule has 0 spiro atoms. The molecule has 0 fully saturated rings. The van der Waals surface area contributed by atoms with E-state index in [2.05, 4.69) is 24.4 Å². The first-order valence-corrected chi connectivity index (χ1v) is 11.1. The Morgan fingerprint density at radius 2 is 1.75 bits per heavy atom. The van der Waals surface area contributed by atoms with E-state index in [0.717, 1.165) is 22.8 Å². The summed E-state index contributed by atoms with van der Waals surface area (Å²) in [6.07, 6.45) is 0. The molecule has 11 heteroatoms. The molecule has 158 valence electrons. The average molecular weight is 500 g/mol. The monoisotopic (exact) mass is 499 g/mol.